The molecule has 2 nitrogen and oxygen atoms in total. The van der Waals surface area contributed by atoms with Crippen LogP contribution in [0.1, 0.15) is 30.8 Å². The summed E-state index contributed by atoms with van der Waals surface area (Å²) < 4.78 is 0. The summed E-state index contributed by atoms with van der Waals surface area (Å²) in [5, 5.41) is 3.02. The highest BCUT2D eigenvalue weighted by atomic mass is 32.1. The topological polar surface area (TPSA) is 38.9 Å². The zero-order valence-corrected chi connectivity index (χ0v) is 6.90. The fraction of sp³-hybridized carbons (Fsp3) is 0.571. The van der Waals surface area contributed by atoms with Gasteiger partial charge in [0.15, 0.2) is 0 Å². The minimum atomic E-state index is 0.157. The number of hydrogen-bond acceptors (Lipinski definition) is 3. The predicted octanol–water partition coefficient (Wildman–Crippen LogP) is 1.94. The van der Waals surface area contributed by atoms with Crippen molar-refractivity contribution in [1.29, 1.82) is 0 Å². The molecule has 1 unspecified atom stereocenters. The first-order valence-corrected chi connectivity index (χ1v) is 4.37. The highest BCUT2D eigenvalue weighted by Crippen LogP contribution is 2.16. The molecule has 0 bridgehead atoms. The Kier molecular flexibility index (Phi) is 2.83. The molecule has 0 saturated carbocycles. The Morgan fingerprint density at radius 2 is 2.60 bits per heavy atom. The Morgan fingerprint density at radius 3 is 3.10 bits per heavy atom. The van der Waals surface area contributed by atoms with E-state index in [0.29, 0.717) is 0 Å². The second-order valence-electron chi connectivity index (χ2n) is 2.27. The summed E-state index contributed by atoms with van der Waals surface area (Å²) in [4.78, 5) is 4.13. The monoisotopic (exact) mass is 156 g/mol. The van der Waals surface area contributed by atoms with Crippen LogP contribution >= 0.6 is 11.3 Å². The van der Waals surface area contributed by atoms with Crippen molar-refractivity contribution in [3.63, 3.8) is 0 Å². The Balaban J connectivity index is 2.50. The summed E-state index contributed by atoms with van der Waals surface area (Å²) in [7, 11) is 0. The molecule has 1 aromatic heterocycles. The minimum absolute atomic E-state index is 0.157. The maximum Gasteiger partial charge on any atom is 0.109 e. The van der Waals surface area contributed by atoms with E-state index in [1.165, 1.54) is 0 Å². The second-order valence-corrected chi connectivity index (χ2v) is 3.19. The molecule has 0 aliphatic carbocycles. The Bertz CT molecular complexity index is 172. The number of nitrogens with two attached hydrogens (primary N) is 1. The molecule has 0 aliphatic heterocycles. The van der Waals surface area contributed by atoms with Crippen LogP contribution in [0.5, 0.6) is 0 Å². The van der Waals surface area contributed by atoms with E-state index in [9.17, 15) is 0 Å². The lowest BCUT2D eigenvalue weighted by Crippen LogP contribution is -2.08. The van der Waals surface area contributed by atoms with E-state index < -0.39 is 0 Å². The Labute approximate surface area is 65.1 Å². The second kappa shape index (κ2) is 3.68. The van der Waals surface area contributed by atoms with E-state index in [-0.39, 0.29) is 6.04 Å². The van der Waals surface area contributed by atoms with E-state index in [4.69, 9.17) is 5.73 Å². The highest BCUT2D eigenvalue weighted by molar-refractivity contribution is 7.09. The van der Waals surface area contributed by atoms with Crippen molar-refractivity contribution in [3.8, 4) is 0 Å². The average Bonchev–Trinajstić information content (AvgIpc) is 2.38. The molecule has 0 amide bonds. The molecule has 3 heteroatoms. The van der Waals surface area contributed by atoms with Gasteiger partial charge in [-0.1, -0.05) is 13.3 Å². The van der Waals surface area contributed by atoms with Gasteiger partial charge < -0.3 is 5.73 Å². The minimum Gasteiger partial charge on any atom is -0.322 e. The average molecular weight is 156 g/mol. The lowest BCUT2D eigenvalue weighted by molar-refractivity contribution is 0.634. The third kappa shape index (κ3) is 1.78. The van der Waals surface area contributed by atoms with Gasteiger partial charge in [0.05, 0.1) is 6.04 Å². The smallest absolute Gasteiger partial charge is 0.109 e. The molecule has 1 rings (SSSR count). The van der Waals surface area contributed by atoms with Crippen LogP contribution in [0.3, 0.4) is 0 Å². The van der Waals surface area contributed by atoms with Crippen LogP contribution in [0.2, 0.25) is 0 Å². The van der Waals surface area contributed by atoms with Crippen LogP contribution in [0.15, 0.2) is 11.6 Å². The molecule has 1 aromatic rings. The van der Waals surface area contributed by atoms with Crippen molar-refractivity contribution < 1.29 is 0 Å². The summed E-state index contributed by atoms with van der Waals surface area (Å²) in [6, 6.07) is 0.157. The summed E-state index contributed by atoms with van der Waals surface area (Å²) in [6.07, 6.45) is 3.96. The third-order valence-electron chi connectivity index (χ3n) is 1.37. The molecular formula is C7H12N2S. The molecule has 0 aliphatic rings. The standard InChI is InChI=1S/C7H12N2S/c1-2-3-6(8)7-9-4-5-10-7/h4-6H,2-3,8H2,1H3. The van der Waals surface area contributed by atoms with E-state index >= 15 is 0 Å². The molecule has 0 spiro atoms. The van der Waals surface area contributed by atoms with Crippen molar-refractivity contribution in [1.82, 2.24) is 4.98 Å². The summed E-state index contributed by atoms with van der Waals surface area (Å²) in [5.74, 6) is 0. The van der Waals surface area contributed by atoms with Gasteiger partial charge in [-0.05, 0) is 6.42 Å². The molecule has 10 heavy (non-hydrogen) atoms. The maximum atomic E-state index is 5.80. The lowest BCUT2D eigenvalue weighted by atomic mass is 10.2. The van der Waals surface area contributed by atoms with Gasteiger partial charge in [0.2, 0.25) is 0 Å². The molecular weight excluding hydrogens is 144 g/mol. The molecule has 0 saturated heterocycles. The fourth-order valence-electron chi connectivity index (χ4n) is 0.852. The van der Waals surface area contributed by atoms with E-state index in [2.05, 4.69) is 11.9 Å². The SMILES string of the molecule is CCCC(N)c1nccs1. The van der Waals surface area contributed by atoms with Gasteiger partial charge in [0.25, 0.3) is 0 Å². The summed E-state index contributed by atoms with van der Waals surface area (Å²) >= 11 is 1.63. The summed E-state index contributed by atoms with van der Waals surface area (Å²) in [6.45, 7) is 2.13. The zero-order valence-electron chi connectivity index (χ0n) is 6.08. The molecule has 0 radical (unpaired) electrons. The number of aromatic nitrogens is 1. The first-order valence-electron chi connectivity index (χ1n) is 3.49. The van der Waals surface area contributed by atoms with Crippen molar-refractivity contribution in [2.45, 2.75) is 25.8 Å². The summed E-state index contributed by atoms with van der Waals surface area (Å²) in [5.41, 5.74) is 5.80. The lowest BCUT2D eigenvalue weighted by Gasteiger charge is -2.04. The number of hydrogen-bond donors (Lipinski definition) is 1. The van der Waals surface area contributed by atoms with Gasteiger partial charge in [-0.3, -0.25) is 0 Å². The van der Waals surface area contributed by atoms with Crippen LogP contribution in [-0.4, -0.2) is 4.98 Å². The third-order valence-corrected chi connectivity index (χ3v) is 2.28. The van der Waals surface area contributed by atoms with Gasteiger partial charge in [-0.25, -0.2) is 4.98 Å². The van der Waals surface area contributed by atoms with Crippen LogP contribution in [-0.2, 0) is 0 Å². The van der Waals surface area contributed by atoms with E-state index in [1.54, 1.807) is 17.5 Å². The van der Waals surface area contributed by atoms with Gasteiger partial charge in [0.1, 0.15) is 5.01 Å². The molecule has 56 valence electrons. The zero-order chi connectivity index (χ0) is 7.40. The van der Waals surface area contributed by atoms with Crippen molar-refractivity contribution in [2.75, 3.05) is 0 Å². The van der Waals surface area contributed by atoms with Crippen LogP contribution in [0.25, 0.3) is 0 Å². The molecule has 0 aromatic carbocycles. The largest absolute Gasteiger partial charge is 0.322 e. The molecule has 0 fully saturated rings. The first-order chi connectivity index (χ1) is 4.84. The van der Waals surface area contributed by atoms with Crippen molar-refractivity contribution in [3.05, 3.63) is 16.6 Å². The van der Waals surface area contributed by atoms with Crippen molar-refractivity contribution in [2.24, 2.45) is 5.73 Å². The van der Waals surface area contributed by atoms with Crippen LogP contribution in [0, 0.1) is 0 Å². The fourth-order valence-corrected chi connectivity index (χ4v) is 1.53. The first kappa shape index (κ1) is 7.69. The molecule has 1 atom stereocenters. The van der Waals surface area contributed by atoms with Gasteiger partial charge in [0, 0.05) is 11.6 Å². The highest BCUT2D eigenvalue weighted by Gasteiger charge is 2.05. The normalized spacial score (nSPS) is 13.4. The predicted molar refractivity (Wildman–Crippen MR) is 44.0 cm³/mol. The molecule has 2 N–H and O–H groups in total. The maximum absolute atomic E-state index is 5.80. The quantitative estimate of drug-likeness (QED) is 0.726. The van der Waals surface area contributed by atoms with Crippen LogP contribution in [0.4, 0.5) is 0 Å². The van der Waals surface area contributed by atoms with Crippen molar-refractivity contribution >= 4 is 11.3 Å². The number of rotatable bonds is 3. The Hall–Kier alpha value is -0.410. The molecule has 1 heterocycles. The number of nitrogens with zero attached hydrogens (tertiary/aromatic N) is 1. The van der Waals surface area contributed by atoms with E-state index in [0.717, 1.165) is 17.8 Å². The van der Waals surface area contributed by atoms with Gasteiger partial charge >= 0.3 is 0 Å². The Morgan fingerprint density at radius 1 is 1.80 bits per heavy atom. The van der Waals surface area contributed by atoms with Gasteiger partial charge in [-0.15, -0.1) is 11.3 Å². The van der Waals surface area contributed by atoms with E-state index in [1.807, 2.05) is 5.38 Å². The van der Waals surface area contributed by atoms with Gasteiger partial charge in [-0.2, -0.15) is 0 Å². The van der Waals surface area contributed by atoms with Crippen LogP contribution < -0.4 is 5.73 Å². The number of thiazole rings is 1.